The van der Waals surface area contributed by atoms with E-state index in [1.807, 2.05) is 51.3 Å². The molecule has 2 heterocycles. The molecule has 0 unspecified atom stereocenters. The van der Waals surface area contributed by atoms with Crippen molar-refractivity contribution in [3.05, 3.63) is 56.9 Å². The monoisotopic (exact) mass is 432 g/mol. The average Bonchev–Trinajstić information content (AvgIpc) is 3.03. The first-order valence-electron chi connectivity index (χ1n) is 8.71. The fourth-order valence-corrected chi connectivity index (χ4v) is 5.23. The van der Waals surface area contributed by atoms with Gasteiger partial charge in [0.15, 0.2) is 5.13 Å². The van der Waals surface area contributed by atoms with E-state index in [9.17, 15) is 4.79 Å². The number of hydrogen-bond donors (Lipinski definition) is 0. The second-order valence-electron chi connectivity index (χ2n) is 6.57. The van der Waals surface area contributed by atoms with Gasteiger partial charge < -0.3 is 0 Å². The molecule has 0 atom stereocenters. The Bertz CT molecular complexity index is 992. The van der Waals surface area contributed by atoms with Crippen LogP contribution in [0.1, 0.15) is 35.3 Å². The summed E-state index contributed by atoms with van der Waals surface area (Å²) < 4.78 is 0. The van der Waals surface area contributed by atoms with E-state index in [0.29, 0.717) is 21.6 Å². The minimum absolute atomic E-state index is 0.121. The van der Waals surface area contributed by atoms with E-state index in [-0.39, 0.29) is 5.91 Å². The predicted molar refractivity (Wildman–Crippen MR) is 117 cm³/mol. The first-order valence-corrected chi connectivity index (χ1v) is 11.0. The lowest BCUT2D eigenvalue weighted by molar-refractivity contribution is -0.115. The molecule has 0 aliphatic rings. The lowest BCUT2D eigenvalue weighted by Gasteiger charge is -2.22. The average molecular weight is 433 g/mol. The summed E-state index contributed by atoms with van der Waals surface area (Å²) in [5.41, 5.74) is 4.53. The number of benzene rings is 1. The Kier molecular flexibility index (Phi) is 6.37. The van der Waals surface area contributed by atoms with Crippen molar-refractivity contribution < 1.29 is 4.79 Å². The van der Waals surface area contributed by atoms with E-state index in [1.54, 1.807) is 16.7 Å². The number of halogens is 1. The summed E-state index contributed by atoms with van der Waals surface area (Å²) in [6.45, 7) is 9.30. The van der Waals surface area contributed by atoms with E-state index in [1.165, 1.54) is 18.3 Å². The molecule has 0 N–H and O–H groups in total. The van der Waals surface area contributed by atoms with E-state index >= 15 is 0 Å². The van der Waals surface area contributed by atoms with E-state index in [4.69, 9.17) is 11.6 Å². The number of carbonyl (C=O) groups is 1. The molecule has 1 aromatic carbocycles. The third-order valence-corrected chi connectivity index (χ3v) is 6.09. The van der Waals surface area contributed by atoms with Crippen LogP contribution in [0.5, 0.6) is 0 Å². The molecule has 28 heavy (non-hydrogen) atoms. The highest BCUT2D eigenvalue weighted by molar-refractivity contribution is 7.98. The van der Waals surface area contributed by atoms with Crippen LogP contribution < -0.4 is 4.90 Å². The first kappa shape index (κ1) is 20.8. The number of anilines is 2. The van der Waals surface area contributed by atoms with Gasteiger partial charge in [-0.25, -0.2) is 15.0 Å². The minimum Gasteiger partial charge on any atom is -0.274 e. The van der Waals surface area contributed by atoms with E-state index in [2.05, 4.69) is 15.0 Å². The summed E-state index contributed by atoms with van der Waals surface area (Å²) >= 11 is 9.50. The zero-order chi connectivity index (χ0) is 20.4. The fraction of sp³-hybridized carbons (Fsp3) is 0.300. The molecule has 0 radical (unpaired) electrons. The molecule has 5 nitrogen and oxygen atoms in total. The standard InChI is InChI=1S/C20H21ClN4OS2/c1-11-6-12(2)19(17(21)7-11)25(15(5)26)20-24-16(10-28-20)9-27-18-8-13(3)22-14(4)23-18/h6-8,10H,9H2,1-5H3. The van der Waals surface area contributed by atoms with Gasteiger partial charge in [0, 0.05) is 23.8 Å². The van der Waals surface area contributed by atoms with E-state index in [0.717, 1.165) is 33.4 Å². The Morgan fingerprint density at radius 2 is 1.89 bits per heavy atom. The van der Waals surface area contributed by atoms with Crippen molar-refractivity contribution in [2.75, 3.05) is 4.90 Å². The highest BCUT2D eigenvalue weighted by Crippen LogP contribution is 2.38. The second-order valence-corrected chi connectivity index (χ2v) is 8.81. The van der Waals surface area contributed by atoms with Gasteiger partial charge in [-0.2, -0.15) is 0 Å². The molecule has 0 saturated heterocycles. The summed E-state index contributed by atoms with van der Waals surface area (Å²) in [4.78, 5) is 27.4. The number of carbonyl (C=O) groups excluding carboxylic acids is 1. The van der Waals surface area contributed by atoms with Crippen LogP contribution in [0.3, 0.4) is 0 Å². The Morgan fingerprint density at radius 3 is 2.54 bits per heavy atom. The molecule has 1 amide bonds. The molecule has 8 heteroatoms. The quantitative estimate of drug-likeness (QED) is 0.376. The molecular weight excluding hydrogens is 412 g/mol. The number of thioether (sulfide) groups is 1. The number of rotatable bonds is 5. The predicted octanol–water partition coefficient (Wildman–Crippen LogP) is 5.80. The van der Waals surface area contributed by atoms with Crippen LogP contribution in [0, 0.1) is 27.7 Å². The Balaban J connectivity index is 1.85. The van der Waals surface area contributed by atoms with Crippen LogP contribution in [0.15, 0.2) is 28.6 Å². The highest BCUT2D eigenvalue weighted by Gasteiger charge is 2.22. The maximum absolute atomic E-state index is 12.4. The summed E-state index contributed by atoms with van der Waals surface area (Å²) in [6, 6.07) is 5.84. The van der Waals surface area contributed by atoms with Crippen molar-refractivity contribution in [2.24, 2.45) is 0 Å². The zero-order valence-corrected chi connectivity index (χ0v) is 18.8. The molecule has 0 saturated carbocycles. The number of aryl methyl sites for hydroxylation is 4. The largest absolute Gasteiger partial charge is 0.274 e. The van der Waals surface area contributed by atoms with Crippen LogP contribution in [0.4, 0.5) is 10.8 Å². The van der Waals surface area contributed by atoms with Crippen molar-refractivity contribution >= 4 is 51.4 Å². The summed E-state index contributed by atoms with van der Waals surface area (Å²) in [5.74, 6) is 1.30. The Morgan fingerprint density at radius 1 is 1.14 bits per heavy atom. The first-order chi connectivity index (χ1) is 13.2. The zero-order valence-electron chi connectivity index (χ0n) is 16.4. The second kappa shape index (κ2) is 8.59. The number of aromatic nitrogens is 3. The van der Waals surface area contributed by atoms with Crippen molar-refractivity contribution in [1.82, 2.24) is 15.0 Å². The van der Waals surface area contributed by atoms with Gasteiger partial charge in [0.05, 0.1) is 16.4 Å². The molecule has 0 aliphatic heterocycles. The van der Waals surface area contributed by atoms with Gasteiger partial charge in [-0.05, 0) is 51.0 Å². The normalized spacial score (nSPS) is 10.9. The maximum atomic E-state index is 12.4. The molecule has 3 rings (SSSR count). The van der Waals surface area contributed by atoms with Crippen LogP contribution in [-0.4, -0.2) is 20.9 Å². The van der Waals surface area contributed by atoms with Crippen LogP contribution in [-0.2, 0) is 10.5 Å². The highest BCUT2D eigenvalue weighted by atomic mass is 35.5. The van der Waals surface area contributed by atoms with Crippen molar-refractivity contribution in [2.45, 2.75) is 45.4 Å². The topological polar surface area (TPSA) is 59.0 Å². The van der Waals surface area contributed by atoms with Gasteiger partial charge in [0.25, 0.3) is 0 Å². The number of amides is 1. The van der Waals surface area contributed by atoms with Gasteiger partial charge in [-0.15, -0.1) is 11.3 Å². The third kappa shape index (κ3) is 4.71. The van der Waals surface area contributed by atoms with Crippen molar-refractivity contribution in [3.63, 3.8) is 0 Å². The summed E-state index contributed by atoms with van der Waals surface area (Å²) in [6.07, 6.45) is 0. The number of hydrogen-bond acceptors (Lipinski definition) is 6. The molecular formula is C20H21ClN4OS2. The summed E-state index contributed by atoms with van der Waals surface area (Å²) in [7, 11) is 0. The fourth-order valence-electron chi connectivity index (χ4n) is 2.95. The lowest BCUT2D eigenvalue weighted by atomic mass is 10.1. The number of thiazole rings is 1. The molecule has 3 aromatic rings. The smallest absolute Gasteiger partial charge is 0.230 e. The third-order valence-electron chi connectivity index (χ3n) is 3.98. The van der Waals surface area contributed by atoms with Crippen LogP contribution in [0.2, 0.25) is 5.02 Å². The molecule has 0 spiro atoms. The van der Waals surface area contributed by atoms with Gasteiger partial charge in [-0.3, -0.25) is 9.69 Å². The summed E-state index contributed by atoms with van der Waals surface area (Å²) in [5, 5.41) is 4.05. The maximum Gasteiger partial charge on any atom is 0.230 e. The van der Waals surface area contributed by atoms with Crippen LogP contribution in [0.25, 0.3) is 0 Å². The van der Waals surface area contributed by atoms with Gasteiger partial charge >= 0.3 is 0 Å². The van der Waals surface area contributed by atoms with Crippen molar-refractivity contribution in [1.29, 1.82) is 0 Å². The molecule has 0 aliphatic carbocycles. The number of nitrogens with zero attached hydrogens (tertiary/aromatic N) is 4. The van der Waals surface area contributed by atoms with Crippen molar-refractivity contribution in [3.8, 4) is 0 Å². The van der Waals surface area contributed by atoms with Gasteiger partial charge in [0.1, 0.15) is 10.9 Å². The Hall–Kier alpha value is -1.96. The SMILES string of the molecule is CC(=O)N(c1nc(CSc2cc(C)nc(C)n2)cs1)c1c(C)cc(C)cc1Cl. The lowest BCUT2D eigenvalue weighted by Crippen LogP contribution is -2.24. The molecule has 2 aromatic heterocycles. The molecule has 146 valence electrons. The van der Waals surface area contributed by atoms with E-state index < -0.39 is 0 Å². The molecule has 0 fully saturated rings. The van der Waals surface area contributed by atoms with Gasteiger partial charge in [-0.1, -0.05) is 29.4 Å². The van der Waals surface area contributed by atoms with Crippen LogP contribution >= 0.6 is 34.7 Å². The Labute approximate surface area is 178 Å². The minimum atomic E-state index is -0.121. The molecule has 0 bridgehead atoms. The van der Waals surface area contributed by atoms with Gasteiger partial charge in [0.2, 0.25) is 5.91 Å².